The summed E-state index contributed by atoms with van der Waals surface area (Å²) in [7, 11) is 5.87. The second-order valence-electron chi connectivity index (χ2n) is 12.2. The lowest BCUT2D eigenvalue weighted by Gasteiger charge is -2.34. The molecule has 2 aliphatic rings. The standard InChI is InChI=1S/C31H47N7O3/c1-8-22(16-17-36(5)6)33-28(39)21-14-15-24(26(18-21)41-9-2)34-30-32-19-25-27(35-30)38(23-12-10-11-13-23)20-31(3,4)29(40)37(25)7/h14-15,18-19,22-23H,8-13,16-17,20H2,1-7H3,(H,33,39)(H,32,34,35). The number of anilines is 4. The molecule has 0 spiro atoms. The molecule has 1 fully saturated rings. The van der Waals surface area contributed by atoms with Gasteiger partial charge in [-0.15, -0.1) is 0 Å². The van der Waals surface area contributed by atoms with Crippen molar-refractivity contribution in [2.75, 3.05) is 56.0 Å². The van der Waals surface area contributed by atoms with E-state index >= 15 is 0 Å². The van der Waals surface area contributed by atoms with Crippen LogP contribution in [0, 0.1) is 5.41 Å². The molecule has 0 bridgehead atoms. The van der Waals surface area contributed by atoms with Gasteiger partial charge in [-0.3, -0.25) is 9.59 Å². The van der Waals surface area contributed by atoms with Crippen molar-refractivity contribution < 1.29 is 14.3 Å². The number of fused-ring (bicyclic) bond motifs is 1. The zero-order valence-corrected chi connectivity index (χ0v) is 25.8. The number of nitrogens with zero attached hydrogens (tertiary/aromatic N) is 5. The van der Waals surface area contributed by atoms with Gasteiger partial charge in [0.2, 0.25) is 11.9 Å². The first-order valence-electron chi connectivity index (χ1n) is 14.9. The lowest BCUT2D eigenvalue weighted by Crippen LogP contribution is -2.45. The molecular weight excluding hydrogens is 518 g/mol. The minimum Gasteiger partial charge on any atom is -0.492 e. The zero-order chi connectivity index (χ0) is 29.7. The van der Waals surface area contributed by atoms with Gasteiger partial charge in [-0.2, -0.15) is 4.98 Å². The van der Waals surface area contributed by atoms with Gasteiger partial charge in [0, 0.05) is 31.2 Å². The first kappa shape index (κ1) is 30.6. The van der Waals surface area contributed by atoms with Gasteiger partial charge in [0.25, 0.3) is 5.91 Å². The summed E-state index contributed by atoms with van der Waals surface area (Å²) in [6.07, 6.45) is 8.03. The fourth-order valence-electron chi connectivity index (χ4n) is 5.75. The molecule has 1 unspecified atom stereocenters. The number of amides is 2. The molecule has 1 atom stereocenters. The number of rotatable bonds is 11. The largest absolute Gasteiger partial charge is 0.492 e. The lowest BCUT2D eigenvalue weighted by molar-refractivity contribution is -0.125. The van der Waals surface area contributed by atoms with E-state index in [4.69, 9.17) is 9.72 Å². The van der Waals surface area contributed by atoms with Gasteiger partial charge < -0.3 is 30.1 Å². The van der Waals surface area contributed by atoms with E-state index in [1.54, 1.807) is 30.3 Å². The quantitative estimate of drug-likeness (QED) is 0.399. The molecular formula is C31H47N7O3. The molecule has 1 aliphatic heterocycles. The highest BCUT2D eigenvalue weighted by Crippen LogP contribution is 2.40. The van der Waals surface area contributed by atoms with Crippen molar-refractivity contribution in [1.29, 1.82) is 0 Å². The van der Waals surface area contributed by atoms with Gasteiger partial charge in [-0.25, -0.2) is 4.98 Å². The topological polar surface area (TPSA) is 103 Å². The number of hydrogen-bond acceptors (Lipinski definition) is 8. The van der Waals surface area contributed by atoms with Crippen LogP contribution in [-0.2, 0) is 4.79 Å². The van der Waals surface area contributed by atoms with Gasteiger partial charge in [0.15, 0.2) is 5.82 Å². The van der Waals surface area contributed by atoms with Crippen molar-refractivity contribution >= 4 is 35.0 Å². The average molecular weight is 566 g/mol. The number of nitrogens with one attached hydrogen (secondary N) is 2. The summed E-state index contributed by atoms with van der Waals surface area (Å²) < 4.78 is 5.94. The molecule has 2 aromatic rings. The molecule has 1 aromatic heterocycles. The van der Waals surface area contributed by atoms with Crippen molar-refractivity contribution in [2.45, 2.75) is 78.3 Å². The first-order valence-corrected chi connectivity index (χ1v) is 14.9. The fraction of sp³-hybridized carbons (Fsp3) is 0.613. The predicted molar refractivity (Wildman–Crippen MR) is 164 cm³/mol. The molecule has 2 N–H and O–H groups in total. The molecule has 0 saturated heterocycles. The Hall–Kier alpha value is -3.40. The van der Waals surface area contributed by atoms with Crippen LogP contribution in [0.1, 0.15) is 76.6 Å². The van der Waals surface area contributed by atoms with Crippen LogP contribution in [-0.4, -0.2) is 79.6 Å². The second-order valence-corrected chi connectivity index (χ2v) is 12.2. The lowest BCUT2D eigenvalue weighted by atomic mass is 9.91. The number of carbonyl (C=O) groups is 2. The van der Waals surface area contributed by atoms with Crippen molar-refractivity contribution in [3.63, 3.8) is 0 Å². The molecule has 1 aromatic carbocycles. The number of carbonyl (C=O) groups excluding carboxylic acids is 2. The summed E-state index contributed by atoms with van der Waals surface area (Å²) in [5.41, 5.74) is 1.39. The minimum atomic E-state index is -0.548. The summed E-state index contributed by atoms with van der Waals surface area (Å²) in [5.74, 6) is 1.68. The third-order valence-electron chi connectivity index (χ3n) is 8.14. The van der Waals surface area contributed by atoms with Crippen molar-refractivity contribution in [2.24, 2.45) is 5.41 Å². The molecule has 1 aliphatic carbocycles. The molecule has 1 saturated carbocycles. The highest BCUT2D eigenvalue weighted by Gasteiger charge is 2.41. The third-order valence-corrected chi connectivity index (χ3v) is 8.14. The Bertz CT molecular complexity index is 1230. The number of ether oxygens (including phenoxy) is 1. The van der Waals surface area contributed by atoms with Crippen LogP contribution in [0.5, 0.6) is 5.75 Å². The van der Waals surface area contributed by atoms with Crippen LogP contribution < -0.4 is 25.2 Å². The molecule has 2 heterocycles. The average Bonchev–Trinajstić information content (AvgIpc) is 3.47. The van der Waals surface area contributed by atoms with Crippen LogP contribution >= 0.6 is 0 Å². The van der Waals surface area contributed by atoms with E-state index in [1.165, 1.54) is 12.8 Å². The van der Waals surface area contributed by atoms with Gasteiger partial charge in [-0.1, -0.05) is 19.8 Å². The summed E-state index contributed by atoms with van der Waals surface area (Å²) in [6.45, 7) is 9.97. The van der Waals surface area contributed by atoms with E-state index < -0.39 is 5.41 Å². The van der Waals surface area contributed by atoms with Crippen molar-refractivity contribution in [3.05, 3.63) is 30.0 Å². The van der Waals surface area contributed by atoms with E-state index in [0.717, 1.165) is 43.7 Å². The summed E-state index contributed by atoms with van der Waals surface area (Å²) in [5, 5.41) is 6.48. The Kier molecular flexibility index (Phi) is 9.73. The second kappa shape index (κ2) is 13.1. The fourth-order valence-corrected chi connectivity index (χ4v) is 5.75. The van der Waals surface area contributed by atoms with Crippen molar-refractivity contribution in [1.82, 2.24) is 20.2 Å². The summed E-state index contributed by atoms with van der Waals surface area (Å²) in [4.78, 5) is 42.1. The van der Waals surface area contributed by atoms with Crippen molar-refractivity contribution in [3.8, 4) is 5.75 Å². The Labute approximate surface area is 244 Å². The van der Waals surface area contributed by atoms with Gasteiger partial charge in [0.1, 0.15) is 11.4 Å². The van der Waals surface area contributed by atoms with Crippen LogP contribution in [0.2, 0.25) is 0 Å². The monoisotopic (exact) mass is 565 g/mol. The van der Waals surface area contributed by atoms with Crippen LogP contribution in [0.15, 0.2) is 24.4 Å². The Morgan fingerprint density at radius 3 is 2.61 bits per heavy atom. The van der Waals surface area contributed by atoms with Crippen LogP contribution in [0.25, 0.3) is 0 Å². The normalized spacial score (nSPS) is 17.8. The SMILES string of the molecule is CCOc1cc(C(=O)NC(CC)CCN(C)C)ccc1Nc1ncc2c(n1)N(C1CCCC1)CC(C)(C)C(=O)N2C. The molecule has 10 heteroatoms. The maximum absolute atomic E-state index is 13.3. The van der Waals surface area contributed by atoms with E-state index in [-0.39, 0.29) is 17.9 Å². The number of aromatic nitrogens is 2. The summed E-state index contributed by atoms with van der Waals surface area (Å²) in [6, 6.07) is 5.84. The van der Waals surface area contributed by atoms with E-state index in [1.807, 2.05) is 40.9 Å². The van der Waals surface area contributed by atoms with E-state index in [9.17, 15) is 9.59 Å². The Morgan fingerprint density at radius 2 is 1.95 bits per heavy atom. The van der Waals surface area contributed by atoms with Crippen LogP contribution in [0.4, 0.5) is 23.1 Å². The minimum absolute atomic E-state index is 0.0584. The Balaban J connectivity index is 1.61. The number of hydrogen-bond donors (Lipinski definition) is 2. The molecule has 4 rings (SSSR count). The smallest absolute Gasteiger partial charge is 0.251 e. The maximum atomic E-state index is 13.3. The Morgan fingerprint density at radius 1 is 1.22 bits per heavy atom. The highest BCUT2D eigenvalue weighted by molar-refractivity contribution is 6.01. The zero-order valence-electron chi connectivity index (χ0n) is 25.8. The summed E-state index contributed by atoms with van der Waals surface area (Å²) >= 11 is 0. The predicted octanol–water partition coefficient (Wildman–Crippen LogP) is 4.83. The molecule has 0 radical (unpaired) electrons. The number of benzene rings is 1. The first-order chi connectivity index (χ1) is 19.5. The molecule has 41 heavy (non-hydrogen) atoms. The maximum Gasteiger partial charge on any atom is 0.251 e. The van der Waals surface area contributed by atoms with Gasteiger partial charge >= 0.3 is 0 Å². The molecule has 10 nitrogen and oxygen atoms in total. The van der Waals surface area contributed by atoms with E-state index in [0.29, 0.717) is 42.1 Å². The van der Waals surface area contributed by atoms with Gasteiger partial charge in [0.05, 0.1) is 23.9 Å². The van der Waals surface area contributed by atoms with Crippen LogP contribution in [0.3, 0.4) is 0 Å². The van der Waals surface area contributed by atoms with Gasteiger partial charge in [-0.05, 0) is 85.3 Å². The third kappa shape index (κ3) is 7.09. The molecule has 2 amide bonds. The van der Waals surface area contributed by atoms with E-state index in [2.05, 4.69) is 32.3 Å². The molecule has 224 valence electrons. The highest BCUT2D eigenvalue weighted by atomic mass is 16.5.